The fourth-order valence-corrected chi connectivity index (χ4v) is 7.94. The molecule has 9 atom stereocenters. The molecule has 0 unspecified atom stereocenters. The van der Waals surface area contributed by atoms with Gasteiger partial charge in [-0.3, -0.25) is 9.48 Å². The minimum atomic E-state index is -0.456. The molecule has 5 rings (SSSR count). The number of ketones is 1. The van der Waals surface area contributed by atoms with Crippen molar-refractivity contribution < 1.29 is 9.90 Å². The normalized spacial score (nSPS) is 45.9. The third-order valence-electron chi connectivity index (χ3n) is 9.12. The van der Waals surface area contributed by atoms with Crippen LogP contribution < -0.4 is 0 Å². The maximum atomic E-state index is 13.0. The average molecular weight is 396 g/mol. The van der Waals surface area contributed by atoms with Gasteiger partial charge in [0.15, 0.2) is 5.78 Å². The minimum Gasteiger partial charge on any atom is -0.390 e. The van der Waals surface area contributed by atoms with E-state index in [4.69, 9.17) is 5.26 Å². The lowest BCUT2D eigenvalue weighted by Crippen LogP contribution is -2.57. The Morgan fingerprint density at radius 3 is 2.86 bits per heavy atom. The summed E-state index contributed by atoms with van der Waals surface area (Å²) < 4.78 is 1.63. The van der Waals surface area contributed by atoms with Crippen LogP contribution in [0.1, 0.15) is 64.4 Å². The van der Waals surface area contributed by atoms with E-state index in [-0.39, 0.29) is 5.92 Å². The number of hydrogen-bond acceptors (Lipinski definition) is 4. The quantitative estimate of drug-likeness (QED) is 0.844. The second-order valence-electron chi connectivity index (χ2n) is 10.9. The molecule has 156 valence electrons. The Bertz CT molecular complexity index is 837. The van der Waals surface area contributed by atoms with Crippen LogP contribution in [0.4, 0.5) is 0 Å². The summed E-state index contributed by atoms with van der Waals surface area (Å²) >= 11 is 0. The van der Waals surface area contributed by atoms with Crippen LogP contribution >= 0.6 is 0 Å². The van der Waals surface area contributed by atoms with Crippen LogP contribution in [-0.2, 0) is 11.3 Å². The van der Waals surface area contributed by atoms with Gasteiger partial charge in [-0.25, -0.2) is 0 Å². The van der Waals surface area contributed by atoms with Gasteiger partial charge >= 0.3 is 0 Å². The Balaban J connectivity index is 1.26. The van der Waals surface area contributed by atoms with Gasteiger partial charge in [-0.15, -0.1) is 0 Å². The van der Waals surface area contributed by atoms with Crippen LogP contribution in [0.3, 0.4) is 0 Å². The lowest BCUT2D eigenvalue weighted by Gasteiger charge is -2.62. The van der Waals surface area contributed by atoms with Crippen molar-refractivity contribution in [1.82, 2.24) is 9.78 Å². The number of rotatable bonds is 3. The molecule has 29 heavy (non-hydrogen) atoms. The molecular formula is C24H33N3O2. The number of aromatic nitrogens is 2. The number of nitriles is 1. The predicted molar refractivity (Wildman–Crippen MR) is 108 cm³/mol. The Morgan fingerprint density at radius 2 is 2.10 bits per heavy atom. The number of nitrogens with zero attached hydrogens (tertiary/aromatic N) is 3. The summed E-state index contributed by atoms with van der Waals surface area (Å²) in [6, 6.07) is 2.08. The fraction of sp³-hybridized carbons (Fsp3) is 0.792. The lowest BCUT2D eigenvalue weighted by atomic mass is 9.43. The lowest BCUT2D eigenvalue weighted by molar-refractivity contribution is -0.159. The molecule has 1 N–H and O–H groups in total. The van der Waals surface area contributed by atoms with Crippen LogP contribution in [0.5, 0.6) is 0 Å². The van der Waals surface area contributed by atoms with Crippen molar-refractivity contribution >= 4 is 5.78 Å². The van der Waals surface area contributed by atoms with Gasteiger partial charge in [0, 0.05) is 12.1 Å². The van der Waals surface area contributed by atoms with Gasteiger partial charge in [0.25, 0.3) is 0 Å². The zero-order valence-electron chi connectivity index (χ0n) is 17.6. The summed E-state index contributed by atoms with van der Waals surface area (Å²) in [4.78, 5) is 13.0. The molecule has 4 fully saturated rings. The van der Waals surface area contributed by atoms with Gasteiger partial charge in [-0.1, -0.05) is 6.92 Å². The highest BCUT2D eigenvalue weighted by Crippen LogP contribution is 2.63. The Labute approximate surface area is 173 Å². The summed E-state index contributed by atoms with van der Waals surface area (Å²) in [5.74, 6) is 5.43. The molecule has 1 aromatic heterocycles. The summed E-state index contributed by atoms with van der Waals surface area (Å²) in [6.07, 6.45) is 11.2. The second kappa shape index (κ2) is 6.94. The maximum absolute atomic E-state index is 13.0. The third-order valence-corrected chi connectivity index (χ3v) is 9.12. The zero-order valence-corrected chi connectivity index (χ0v) is 17.6. The van der Waals surface area contributed by atoms with Gasteiger partial charge in [-0.05, 0) is 93.3 Å². The summed E-state index contributed by atoms with van der Waals surface area (Å²) in [5, 5.41) is 23.7. The molecule has 0 radical (unpaired) electrons. The first kappa shape index (κ1) is 19.3. The van der Waals surface area contributed by atoms with Crippen molar-refractivity contribution in [3.63, 3.8) is 0 Å². The van der Waals surface area contributed by atoms with Gasteiger partial charge < -0.3 is 5.11 Å². The van der Waals surface area contributed by atoms with Crippen molar-refractivity contribution in [3.05, 3.63) is 18.0 Å². The van der Waals surface area contributed by atoms with Gasteiger partial charge in [0.2, 0.25) is 0 Å². The van der Waals surface area contributed by atoms with E-state index in [0.717, 1.165) is 37.0 Å². The third kappa shape index (κ3) is 3.24. The Kier molecular flexibility index (Phi) is 4.62. The van der Waals surface area contributed by atoms with E-state index >= 15 is 0 Å². The first-order chi connectivity index (χ1) is 13.9. The fourth-order valence-electron chi connectivity index (χ4n) is 7.94. The molecule has 0 spiro atoms. The predicted octanol–water partition coefficient (Wildman–Crippen LogP) is 3.81. The van der Waals surface area contributed by atoms with Crippen molar-refractivity contribution in [2.75, 3.05) is 0 Å². The molecule has 0 bridgehead atoms. The van der Waals surface area contributed by atoms with E-state index in [2.05, 4.69) is 18.1 Å². The molecule has 1 aromatic rings. The van der Waals surface area contributed by atoms with Gasteiger partial charge in [0.1, 0.15) is 6.07 Å². The summed E-state index contributed by atoms with van der Waals surface area (Å²) in [5.41, 5.74) is 0.0595. The van der Waals surface area contributed by atoms with Crippen LogP contribution in [0.2, 0.25) is 0 Å². The first-order valence-corrected chi connectivity index (χ1v) is 11.5. The standard InChI is InChI=1S/C24H33N3O2/c1-14-7-19-17-5-6-24(2,29)9-16(17)3-4-18(19)20-8-21(23(14)20)22(28)13-27-12-15(10-25)11-26-27/h11-12,14,16-21,23,29H,3-9,13H2,1-2H3/t14-,16+,17+,18-,19-,20+,21-,23+,24-/m1/s1. The highest BCUT2D eigenvalue weighted by atomic mass is 16.3. The van der Waals surface area contributed by atoms with Crippen molar-refractivity contribution in [2.24, 2.45) is 47.3 Å². The van der Waals surface area contributed by atoms with E-state index in [0.29, 0.717) is 41.6 Å². The van der Waals surface area contributed by atoms with E-state index < -0.39 is 5.60 Å². The van der Waals surface area contributed by atoms with Crippen LogP contribution in [0, 0.1) is 58.7 Å². The molecule has 0 saturated heterocycles. The van der Waals surface area contributed by atoms with Crippen LogP contribution in [0.25, 0.3) is 0 Å². The number of carbonyl (C=O) groups excluding carboxylic acids is 1. The maximum Gasteiger partial charge on any atom is 0.157 e. The number of carbonyl (C=O) groups is 1. The number of hydrogen-bond donors (Lipinski definition) is 1. The highest BCUT2D eigenvalue weighted by molar-refractivity contribution is 5.82. The van der Waals surface area contributed by atoms with E-state index in [9.17, 15) is 9.90 Å². The summed E-state index contributed by atoms with van der Waals surface area (Å²) in [6.45, 7) is 4.70. The molecule has 5 heteroatoms. The molecule has 4 aliphatic rings. The van der Waals surface area contributed by atoms with E-state index in [1.54, 1.807) is 10.9 Å². The molecule has 0 aromatic carbocycles. The van der Waals surface area contributed by atoms with Crippen molar-refractivity contribution in [2.45, 2.75) is 70.9 Å². The molecule has 0 aliphatic heterocycles. The Morgan fingerprint density at radius 1 is 1.28 bits per heavy atom. The van der Waals surface area contributed by atoms with Crippen molar-refractivity contribution in [3.8, 4) is 6.07 Å². The number of aliphatic hydroxyl groups is 1. The molecule has 1 heterocycles. The number of Topliss-reactive ketones (excluding diaryl/α,β-unsaturated/α-hetero) is 1. The average Bonchev–Trinajstić information content (AvgIpc) is 3.08. The number of fused-ring (bicyclic) bond motifs is 5. The van der Waals surface area contributed by atoms with Gasteiger partial charge in [-0.2, -0.15) is 10.4 Å². The molecule has 4 aliphatic carbocycles. The first-order valence-electron chi connectivity index (χ1n) is 11.5. The van der Waals surface area contributed by atoms with Gasteiger partial charge in [0.05, 0.1) is 23.9 Å². The van der Waals surface area contributed by atoms with Crippen LogP contribution in [0.15, 0.2) is 12.4 Å². The molecule has 5 nitrogen and oxygen atoms in total. The largest absolute Gasteiger partial charge is 0.390 e. The smallest absolute Gasteiger partial charge is 0.157 e. The topological polar surface area (TPSA) is 78.9 Å². The molecular weight excluding hydrogens is 362 g/mol. The van der Waals surface area contributed by atoms with E-state index in [1.165, 1.54) is 31.9 Å². The Hall–Kier alpha value is -1.67. The molecule has 0 amide bonds. The van der Waals surface area contributed by atoms with Crippen LogP contribution in [-0.4, -0.2) is 26.3 Å². The van der Waals surface area contributed by atoms with E-state index in [1.807, 2.05) is 6.92 Å². The summed E-state index contributed by atoms with van der Waals surface area (Å²) in [7, 11) is 0. The highest BCUT2D eigenvalue weighted by Gasteiger charge is 2.58. The second-order valence-corrected chi connectivity index (χ2v) is 10.9. The van der Waals surface area contributed by atoms with Crippen molar-refractivity contribution in [1.29, 1.82) is 5.26 Å². The monoisotopic (exact) mass is 395 g/mol. The molecule has 4 saturated carbocycles. The minimum absolute atomic E-state index is 0.176. The SMILES string of the molecule is C[C@@H]1C[C@H]2[C@@H](CC[C@H]3C[C@](C)(O)CC[C@@H]32)[C@@H]2C[C@H](C(=O)Cn3cc(C#N)cn3)[C@H]21. The zero-order chi connectivity index (χ0) is 20.3.